The van der Waals surface area contributed by atoms with Crippen molar-refractivity contribution in [3.63, 3.8) is 0 Å². The van der Waals surface area contributed by atoms with Crippen molar-refractivity contribution in [1.82, 2.24) is 4.98 Å². The van der Waals surface area contributed by atoms with Gasteiger partial charge in [0, 0.05) is 5.56 Å². The van der Waals surface area contributed by atoms with Gasteiger partial charge in [-0.05, 0) is 24.6 Å². The Morgan fingerprint density at radius 1 is 1.00 bits per heavy atom. The average molecular weight is 224 g/mol. The number of hydrogen-bond donors (Lipinski definition) is 0. The highest BCUT2D eigenvalue weighted by Crippen LogP contribution is 2.30. The van der Waals surface area contributed by atoms with Crippen molar-refractivity contribution in [3.8, 4) is 10.6 Å². The molecule has 0 unspecified atom stereocenters. The molecule has 1 aromatic heterocycles. The van der Waals surface area contributed by atoms with E-state index in [2.05, 4.69) is 30.1 Å². The Labute approximate surface area is 98.4 Å². The van der Waals surface area contributed by atoms with E-state index in [0.29, 0.717) is 0 Å². The third kappa shape index (κ3) is 1.61. The van der Waals surface area contributed by atoms with Crippen LogP contribution >= 0.6 is 11.3 Å². The summed E-state index contributed by atoms with van der Waals surface area (Å²) < 4.78 is 1.20. The van der Waals surface area contributed by atoms with Gasteiger partial charge in [0.15, 0.2) is 0 Å². The zero-order valence-electron chi connectivity index (χ0n) is 8.68. The van der Waals surface area contributed by atoms with E-state index < -0.39 is 0 Å². The minimum Gasteiger partial charge on any atom is -0.236 e. The van der Waals surface area contributed by atoms with Gasteiger partial charge in [0.1, 0.15) is 5.01 Å². The molecule has 0 bridgehead atoms. The first-order valence-electron chi connectivity index (χ1n) is 5.11. The zero-order valence-corrected chi connectivity index (χ0v) is 9.50. The molecule has 1 nitrogen and oxygen atoms in total. The Kier molecular flexibility index (Phi) is 2.22. The van der Waals surface area contributed by atoms with E-state index in [0.717, 1.165) is 16.1 Å². The highest BCUT2D eigenvalue weighted by Gasteiger charge is 2.05. The van der Waals surface area contributed by atoms with Crippen LogP contribution in [-0.2, 0) is 0 Å². The van der Waals surface area contributed by atoms with Crippen LogP contribution in [0, 0.1) is 6.92 Å². The average Bonchev–Trinajstić information content (AvgIpc) is 2.73. The van der Waals surface area contributed by atoms with Crippen molar-refractivity contribution in [1.29, 1.82) is 0 Å². The van der Waals surface area contributed by atoms with Crippen molar-refractivity contribution < 1.29 is 0 Å². The summed E-state index contributed by atoms with van der Waals surface area (Å²) in [5.41, 5.74) is 3.27. The monoisotopic (exact) mass is 224 g/mol. The maximum Gasteiger partial charge on any atom is 0.124 e. The third-order valence-corrected chi connectivity index (χ3v) is 3.54. The van der Waals surface area contributed by atoms with Crippen LogP contribution in [0.5, 0.6) is 0 Å². The lowest BCUT2D eigenvalue weighted by Crippen LogP contribution is -1.74. The molecule has 0 saturated carbocycles. The van der Waals surface area contributed by atoms with Crippen molar-refractivity contribution in [3.05, 3.63) is 61.0 Å². The summed E-state index contributed by atoms with van der Waals surface area (Å²) in [6.07, 6.45) is 0. The van der Waals surface area contributed by atoms with Crippen LogP contribution in [0.15, 0.2) is 48.5 Å². The van der Waals surface area contributed by atoms with Crippen molar-refractivity contribution in [2.24, 2.45) is 0 Å². The van der Waals surface area contributed by atoms with Gasteiger partial charge in [0.2, 0.25) is 0 Å². The van der Waals surface area contributed by atoms with Crippen molar-refractivity contribution in [2.45, 2.75) is 0 Å². The number of rotatable bonds is 1. The Morgan fingerprint density at radius 3 is 2.62 bits per heavy atom. The van der Waals surface area contributed by atoms with Gasteiger partial charge in [-0.1, -0.05) is 36.4 Å². The van der Waals surface area contributed by atoms with E-state index >= 15 is 0 Å². The van der Waals surface area contributed by atoms with Gasteiger partial charge in [-0.2, -0.15) is 0 Å². The van der Waals surface area contributed by atoms with E-state index in [9.17, 15) is 0 Å². The molecule has 16 heavy (non-hydrogen) atoms. The summed E-state index contributed by atoms with van der Waals surface area (Å²) in [5, 5.41) is 1.07. The van der Waals surface area contributed by atoms with Crippen LogP contribution in [0.4, 0.5) is 0 Å². The van der Waals surface area contributed by atoms with E-state index in [1.165, 1.54) is 10.3 Å². The fourth-order valence-electron chi connectivity index (χ4n) is 1.67. The van der Waals surface area contributed by atoms with Crippen LogP contribution in [0.3, 0.4) is 0 Å². The summed E-state index contributed by atoms with van der Waals surface area (Å²) in [6.45, 7) is 3.93. The first-order valence-corrected chi connectivity index (χ1v) is 5.92. The van der Waals surface area contributed by atoms with Crippen LogP contribution in [0.25, 0.3) is 20.8 Å². The minimum atomic E-state index is 1.04. The molecular weight excluding hydrogens is 214 g/mol. The normalized spacial score (nSPS) is 10.8. The Balaban J connectivity index is 2.19. The van der Waals surface area contributed by atoms with E-state index in [1.807, 2.05) is 30.3 Å². The molecule has 0 N–H and O–H groups in total. The molecule has 1 radical (unpaired) electrons. The lowest BCUT2D eigenvalue weighted by molar-refractivity contribution is 1.47. The molecule has 1 heterocycles. The number of hydrogen-bond acceptors (Lipinski definition) is 2. The molecule has 0 aliphatic rings. The van der Waals surface area contributed by atoms with E-state index in [1.54, 1.807) is 11.3 Å². The van der Waals surface area contributed by atoms with Gasteiger partial charge in [-0.25, -0.2) is 4.98 Å². The Bertz CT molecular complexity index is 626. The third-order valence-electron chi connectivity index (χ3n) is 2.47. The maximum absolute atomic E-state index is 4.61. The van der Waals surface area contributed by atoms with Crippen LogP contribution in [0.2, 0.25) is 0 Å². The minimum absolute atomic E-state index is 1.04. The largest absolute Gasteiger partial charge is 0.236 e. The predicted molar refractivity (Wildman–Crippen MR) is 69.5 cm³/mol. The molecule has 2 heteroatoms. The smallest absolute Gasteiger partial charge is 0.124 e. The fraction of sp³-hybridized carbons (Fsp3) is 0. The van der Waals surface area contributed by atoms with Gasteiger partial charge in [0.25, 0.3) is 0 Å². The number of thiazole rings is 1. The maximum atomic E-state index is 4.61. The standard InChI is InChI=1S/C14H10NS/c1-10-7-8-12-13(9-10)16-14(15-12)11-5-3-2-4-6-11/h2-9H,1H2. The Hall–Kier alpha value is -1.67. The Morgan fingerprint density at radius 2 is 1.81 bits per heavy atom. The first-order chi connectivity index (χ1) is 7.83. The molecule has 3 rings (SSSR count). The highest BCUT2D eigenvalue weighted by atomic mass is 32.1. The molecule has 0 fully saturated rings. The number of benzene rings is 2. The summed E-state index contributed by atoms with van der Waals surface area (Å²) in [6, 6.07) is 16.4. The van der Waals surface area contributed by atoms with Crippen molar-refractivity contribution in [2.75, 3.05) is 0 Å². The van der Waals surface area contributed by atoms with E-state index in [-0.39, 0.29) is 0 Å². The molecule has 2 aromatic carbocycles. The summed E-state index contributed by atoms with van der Waals surface area (Å²) >= 11 is 1.71. The SMILES string of the molecule is [CH2]c1ccc2nc(-c3ccccc3)sc2c1. The topological polar surface area (TPSA) is 12.9 Å². The van der Waals surface area contributed by atoms with E-state index in [4.69, 9.17) is 0 Å². The van der Waals surface area contributed by atoms with Crippen molar-refractivity contribution >= 4 is 21.6 Å². The zero-order chi connectivity index (χ0) is 11.0. The molecule has 0 atom stereocenters. The van der Waals surface area contributed by atoms with Crippen LogP contribution < -0.4 is 0 Å². The second kappa shape index (κ2) is 3.72. The van der Waals surface area contributed by atoms with Crippen LogP contribution in [-0.4, -0.2) is 4.98 Å². The molecule has 0 aliphatic carbocycles. The molecule has 0 saturated heterocycles. The molecule has 3 aromatic rings. The summed E-state index contributed by atoms with van der Waals surface area (Å²) in [4.78, 5) is 4.61. The molecule has 0 aliphatic heterocycles. The quantitative estimate of drug-likeness (QED) is 0.605. The lowest BCUT2D eigenvalue weighted by Gasteiger charge is -1.92. The fourth-order valence-corrected chi connectivity index (χ4v) is 2.71. The molecule has 0 amide bonds. The predicted octanol–water partition coefficient (Wildman–Crippen LogP) is 4.15. The second-order valence-electron chi connectivity index (χ2n) is 3.69. The number of fused-ring (bicyclic) bond motifs is 1. The van der Waals surface area contributed by atoms with Gasteiger partial charge in [-0.3, -0.25) is 0 Å². The molecule has 0 spiro atoms. The first kappa shape index (κ1) is 9.55. The molecule has 77 valence electrons. The van der Waals surface area contributed by atoms with Gasteiger partial charge in [-0.15, -0.1) is 11.3 Å². The second-order valence-corrected chi connectivity index (χ2v) is 4.72. The van der Waals surface area contributed by atoms with Gasteiger partial charge >= 0.3 is 0 Å². The lowest BCUT2D eigenvalue weighted by atomic mass is 10.2. The highest BCUT2D eigenvalue weighted by molar-refractivity contribution is 7.21. The summed E-state index contributed by atoms with van der Waals surface area (Å²) in [5.74, 6) is 0. The number of aromatic nitrogens is 1. The summed E-state index contributed by atoms with van der Waals surface area (Å²) in [7, 11) is 0. The van der Waals surface area contributed by atoms with Crippen LogP contribution in [0.1, 0.15) is 5.56 Å². The van der Waals surface area contributed by atoms with Gasteiger partial charge in [0.05, 0.1) is 10.2 Å². The molecular formula is C14H10NS. The van der Waals surface area contributed by atoms with Gasteiger partial charge < -0.3 is 0 Å². The number of nitrogens with zero attached hydrogens (tertiary/aromatic N) is 1.